The molecule has 0 radical (unpaired) electrons. The molecule has 2 rings (SSSR count). The molecule has 0 aliphatic rings. The molecule has 0 aliphatic heterocycles. The molecule has 0 amide bonds. The number of nitrogens with zero attached hydrogens (tertiary/aromatic N) is 1. The lowest BCUT2D eigenvalue weighted by Gasteiger charge is -2.28. The summed E-state index contributed by atoms with van der Waals surface area (Å²) < 4.78 is 0. The summed E-state index contributed by atoms with van der Waals surface area (Å²) in [4.78, 5) is 2.30. The smallest absolute Gasteiger partial charge is 0.123 e. The van der Waals surface area contributed by atoms with Crippen LogP contribution in [0.15, 0.2) is 55.6 Å². The van der Waals surface area contributed by atoms with Crippen LogP contribution in [0.25, 0.3) is 11.1 Å². The molecule has 27 heavy (non-hydrogen) atoms. The van der Waals surface area contributed by atoms with Crippen molar-refractivity contribution >= 4 is 0 Å². The van der Waals surface area contributed by atoms with E-state index in [1.165, 1.54) is 0 Å². The first-order valence-corrected chi connectivity index (χ1v) is 9.60. The second-order valence-corrected chi connectivity index (χ2v) is 6.81. The van der Waals surface area contributed by atoms with Crippen molar-refractivity contribution in [1.82, 2.24) is 4.90 Å². The van der Waals surface area contributed by atoms with Crippen molar-refractivity contribution in [2.45, 2.75) is 39.7 Å². The lowest BCUT2D eigenvalue weighted by Crippen LogP contribution is -2.26. The summed E-state index contributed by atoms with van der Waals surface area (Å²) in [7, 11) is 0. The van der Waals surface area contributed by atoms with E-state index in [1.54, 1.807) is 12.1 Å². The third kappa shape index (κ3) is 4.61. The van der Waals surface area contributed by atoms with Gasteiger partial charge in [-0.05, 0) is 73.8 Å². The van der Waals surface area contributed by atoms with Gasteiger partial charge in [-0.2, -0.15) is 0 Å². The quantitative estimate of drug-likeness (QED) is 0.566. The van der Waals surface area contributed by atoms with Gasteiger partial charge in [-0.25, -0.2) is 0 Å². The molecule has 2 aromatic rings. The van der Waals surface area contributed by atoms with Crippen LogP contribution in [-0.2, 0) is 12.8 Å². The zero-order chi connectivity index (χ0) is 20.0. The molecular weight excluding hydrogens is 334 g/mol. The van der Waals surface area contributed by atoms with Gasteiger partial charge in [-0.1, -0.05) is 32.1 Å². The molecule has 0 bridgehead atoms. The van der Waals surface area contributed by atoms with E-state index >= 15 is 0 Å². The van der Waals surface area contributed by atoms with Crippen LogP contribution in [0.3, 0.4) is 0 Å². The molecule has 3 nitrogen and oxygen atoms in total. The maximum absolute atomic E-state index is 10.9. The highest BCUT2D eigenvalue weighted by Gasteiger charge is 2.20. The average molecular weight is 366 g/mol. The summed E-state index contributed by atoms with van der Waals surface area (Å²) in [6.45, 7) is 15.8. The molecule has 0 aliphatic carbocycles. The SMILES string of the molecule is C=CCc1ccc(O)c(-c2cc(CC=C)c(O)c(C(C)N(CC)CC)c2)c1. The first kappa shape index (κ1) is 20.8. The maximum atomic E-state index is 10.9. The molecule has 0 aromatic heterocycles. The number of rotatable bonds is 9. The Morgan fingerprint density at radius 3 is 2.26 bits per heavy atom. The number of hydrogen-bond donors (Lipinski definition) is 2. The normalized spacial score (nSPS) is 12.1. The van der Waals surface area contributed by atoms with Gasteiger partial charge in [0, 0.05) is 17.2 Å². The summed E-state index contributed by atoms with van der Waals surface area (Å²) in [5, 5.41) is 21.3. The molecule has 0 heterocycles. The van der Waals surface area contributed by atoms with Crippen molar-refractivity contribution in [2.75, 3.05) is 13.1 Å². The Kier molecular flexibility index (Phi) is 7.26. The van der Waals surface area contributed by atoms with Crippen LogP contribution in [0.1, 0.15) is 43.5 Å². The second kappa shape index (κ2) is 9.43. The van der Waals surface area contributed by atoms with E-state index in [-0.39, 0.29) is 11.8 Å². The first-order chi connectivity index (χ1) is 13.0. The van der Waals surface area contributed by atoms with Gasteiger partial charge in [0.25, 0.3) is 0 Å². The lowest BCUT2D eigenvalue weighted by molar-refractivity contribution is 0.230. The van der Waals surface area contributed by atoms with E-state index in [1.807, 2.05) is 30.3 Å². The monoisotopic (exact) mass is 365 g/mol. The molecule has 0 fully saturated rings. The molecule has 3 heteroatoms. The van der Waals surface area contributed by atoms with E-state index < -0.39 is 0 Å². The van der Waals surface area contributed by atoms with Crippen molar-refractivity contribution in [2.24, 2.45) is 0 Å². The highest BCUT2D eigenvalue weighted by atomic mass is 16.3. The van der Waals surface area contributed by atoms with Crippen LogP contribution in [0.5, 0.6) is 11.5 Å². The van der Waals surface area contributed by atoms with E-state index in [2.05, 4.69) is 38.8 Å². The molecule has 2 N–H and O–H groups in total. The fourth-order valence-corrected chi connectivity index (χ4v) is 3.58. The Hall–Kier alpha value is -2.52. The van der Waals surface area contributed by atoms with Gasteiger partial charge in [0.2, 0.25) is 0 Å². The average Bonchev–Trinajstić information content (AvgIpc) is 2.66. The number of phenolic OH excluding ortho intramolecular Hbond substituents is 2. The van der Waals surface area contributed by atoms with Gasteiger partial charge in [0.15, 0.2) is 0 Å². The van der Waals surface area contributed by atoms with Gasteiger partial charge in [0.05, 0.1) is 0 Å². The highest BCUT2D eigenvalue weighted by Crippen LogP contribution is 2.39. The number of hydrogen-bond acceptors (Lipinski definition) is 3. The van der Waals surface area contributed by atoms with Crippen molar-refractivity contribution < 1.29 is 10.2 Å². The number of aromatic hydroxyl groups is 2. The summed E-state index contributed by atoms with van der Waals surface area (Å²) in [5.74, 6) is 0.555. The van der Waals surface area contributed by atoms with Gasteiger partial charge >= 0.3 is 0 Å². The maximum Gasteiger partial charge on any atom is 0.123 e. The van der Waals surface area contributed by atoms with Crippen LogP contribution >= 0.6 is 0 Å². The molecule has 1 unspecified atom stereocenters. The molecule has 1 atom stereocenters. The predicted molar refractivity (Wildman–Crippen MR) is 114 cm³/mol. The van der Waals surface area contributed by atoms with Crippen molar-refractivity contribution in [3.05, 3.63) is 72.3 Å². The van der Waals surface area contributed by atoms with Crippen LogP contribution in [0.4, 0.5) is 0 Å². The Morgan fingerprint density at radius 1 is 1.00 bits per heavy atom. The Balaban J connectivity index is 2.65. The lowest BCUT2D eigenvalue weighted by atomic mass is 9.92. The molecule has 0 spiro atoms. The third-order valence-electron chi connectivity index (χ3n) is 5.14. The van der Waals surface area contributed by atoms with Crippen molar-refractivity contribution in [3.63, 3.8) is 0 Å². The van der Waals surface area contributed by atoms with Gasteiger partial charge in [-0.3, -0.25) is 4.90 Å². The summed E-state index contributed by atoms with van der Waals surface area (Å²) in [6, 6.07) is 9.64. The van der Waals surface area contributed by atoms with Crippen molar-refractivity contribution in [3.8, 4) is 22.6 Å². The van der Waals surface area contributed by atoms with Crippen LogP contribution in [0.2, 0.25) is 0 Å². The van der Waals surface area contributed by atoms with Crippen LogP contribution in [-0.4, -0.2) is 28.2 Å². The molecule has 144 valence electrons. The summed E-state index contributed by atoms with van der Waals surface area (Å²) in [5.41, 5.74) is 4.47. The number of benzene rings is 2. The standard InChI is InChI=1S/C24H31NO2/c1-6-10-18-12-13-23(26)22(14-18)20-15-19(11-7-2)24(27)21(16-20)17(5)25(8-3)9-4/h6-7,12-17,26-27H,1-2,8-11H2,3-5H3. The van der Waals surface area contributed by atoms with Crippen LogP contribution in [0, 0.1) is 0 Å². The molecular formula is C24H31NO2. The Labute approximate surface area is 163 Å². The second-order valence-electron chi connectivity index (χ2n) is 6.81. The van der Waals surface area contributed by atoms with E-state index in [0.29, 0.717) is 12.2 Å². The number of allylic oxidation sites excluding steroid dienone is 2. The minimum Gasteiger partial charge on any atom is -0.507 e. The van der Waals surface area contributed by atoms with E-state index in [0.717, 1.165) is 47.3 Å². The molecule has 0 saturated heterocycles. The first-order valence-electron chi connectivity index (χ1n) is 9.60. The predicted octanol–water partition coefficient (Wildman–Crippen LogP) is 5.62. The minimum absolute atomic E-state index is 0.0713. The van der Waals surface area contributed by atoms with Gasteiger partial charge in [0.1, 0.15) is 11.5 Å². The number of phenols is 2. The van der Waals surface area contributed by atoms with Gasteiger partial charge < -0.3 is 10.2 Å². The topological polar surface area (TPSA) is 43.7 Å². The molecule has 0 saturated carbocycles. The third-order valence-corrected chi connectivity index (χ3v) is 5.14. The fraction of sp³-hybridized carbons (Fsp3) is 0.333. The highest BCUT2D eigenvalue weighted by molar-refractivity contribution is 5.73. The zero-order valence-electron chi connectivity index (χ0n) is 16.7. The fourth-order valence-electron chi connectivity index (χ4n) is 3.58. The van der Waals surface area contributed by atoms with Crippen molar-refractivity contribution in [1.29, 1.82) is 0 Å². The van der Waals surface area contributed by atoms with E-state index in [4.69, 9.17) is 0 Å². The molecule has 2 aromatic carbocycles. The minimum atomic E-state index is 0.0713. The van der Waals surface area contributed by atoms with Crippen LogP contribution < -0.4 is 0 Å². The summed E-state index contributed by atoms with van der Waals surface area (Å²) >= 11 is 0. The summed E-state index contributed by atoms with van der Waals surface area (Å²) in [6.07, 6.45) is 4.96. The Morgan fingerprint density at radius 2 is 1.67 bits per heavy atom. The zero-order valence-corrected chi connectivity index (χ0v) is 16.7. The van der Waals surface area contributed by atoms with Gasteiger partial charge in [-0.15, -0.1) is 13.2 Å². The van der Waals surface area contributed by atoms with E-state index in [9.17, 15) is 10.2 Å². The largest absolute Gasteiger partial charge is 0.507 e. The Bertz CT molecular complexity index is 806.